The molecule has 0 aliphatic carbocycles. The highest BCUT2D eigenvalue weighted by molar-refractivity contribution is 7.09. The normalized spacial score (nSPS) is 15.4. The van der Waals surface area contributed by atoms with Gasteiger partial charge in [0.05, 0.1) is 5.51 Å². The van der Waals surface area contributed by atoms with E-state index in [1.807, 2.05) is 11.7 Å². The van der Waals surface area contributed by atoms with E-state index in [-0.39, 0.29) is 0 Å². The second-order valence-electron chi connectivity index (χ2n) is 3.76. The van der Waals surface area contributed by atoms with Crippen LogP contribution in [0.2, 0.25) is 0 Å². The van der Waals surface area contributed by atoms with Crippen LogP contribution in [0.4, 0.5) is 0 Å². The minimum absolute atomic E-state index is 0.502. The summed E-state index contributed by atoms with van der Waals surface area (Å²) in [6.07, 6.45) is 4.45. The highest BCUT2D eigenvalue weighted by Crippen LogP contribution is 2.25. The van der Waals surface area contributed by atoms with Crippen molar-refractivity contribution in [3.8, 4) is 0 Å². The third-order valence-electron chi connectivity index (χ3n) is 2.58. The Morgan fingerprint density at radius 3 is 2.79 bits per heavy atom. The Morgan fingerprint density at radius 2 is 2.29 bits per heavy atom. The first kappa shape index (κ1) is 11.7. The minimum atomic E-state index is 0.502. The molecular formula is C11H20N2S. The maximum Gasteiger partial charge on any atom is 0.0794 e. The van der Waals surface area contributed by atoms with E-state index in [9.17, 15) is 0 Å². The average molecular weight is 212 g/mol. The predicted molar refractivity (Wildman–Crippen MR) is 62.6 cm³/mol. The van der Waals surface area contributed by atoms with Crippen LogP contribution in [0.3, 0.4) is 0 Å². The molecule has 14 heavy (non-hydrogen) atoms. The van der Waals surface area contributed by atoms with E-state index in [4.69, 9.17) is 0 Å². The van der Waals surface area contributed by atoms with Gasteiger partial charge in [0.25, 0.3) is 0 Å². The molecule has 2 atom stereocenters. The summed E-state index contributed by atoms with van der Waals surface area (Å²) in [5.74, 6) is 0.779. The molecule has 0 aromatic carbocycles. The maximum absolute atomic E-state index is 4.14. The van der Waals surface area contributed by atoms with E-state index in [1.54, 1.807) is 11.3 Å². The third kappa shape index (κ3) is 3.39. The standard InChI is InChI=1S/C11H20N2S/c1-4-9(3)6-10(13-5-2)11-7-12-8-14-11/h7-10,13H,4-6H2,1-3H3. The Bertz CT molecular complexity index is 233. The zero-order valence-corrected chi connectivity index (χ0v) is 10.1. The molecule has 3 heteroatoms. The van der Waals surface area contributed by atoms with Crippen LogP contribution in [0, 0.1) is 5.92 Å². The van der Waals surface area contributed by atoms with E-state index < -0.39 is 0 Å². The van der Waals surface area contributed by atoms with Crippen LogP contribution in [-0.4, -0.2) is 11.5 Å². The summed E-state index contributed by atoms with van der Waals surface area (Å²) in [4.78, 5) is 5.50. The Kier molecular flexibility index (Phi) is 5.12. The molecule has 0 aliphatic heterocycles. The first-order valence-electron chi connectivity index (χ1n) is 5.39. The van der Waals surface area contributed by atoms with Crippen LogP contribution in [0.15, 0.2) is 11.7 Å². The molecule has 1 N–H and O–H groups in total. The molecule has 2 unspecified atom stereocenters. The Balaban J connectivity index is 2.55. The fraction of sp³-hybridized carbons (Fsp3) is 0.727. The van der Waals surface area contributed by atoms with Crippen molar-refractivity contribution < 1.29 is 0 Å². The Labute approximate surface area is 90.8 Å². The molecule has 0 aliphatic rings. The first-order chi connectivity index (χ1) is 6.77. The lowest BCUT2D eigenvalue weighted by Crippen LogP contribution is -2.21. The summed E-state index contributed by atoms with van der Waals surface area (Å²) in [7, 11) is 0. The van der Waals surface area contributed by atoms with Crippen LogP contribution in [0.25, 0.3) is 0 Å². The first-order valence-corrected chi connectivity index (χ1v) is 6.27. The van der Waals surface area contributed by atoms with Gasteiger partial charge in [0, 0.05) is 17.1 Å². The van der Waals surface area contributed by atoms with Gasteiger partial charge >= 0.3 is 0 Å². The molecule has 1 rings (SSSR count). The molecule has 0 spiro atoms. The van der Waals surface area contributed by atoms with Gasteiger partial charge in [-0.1, -0.05) is 27.2 Å². The number of hydrogen-bond donors (Lipinski definition) is 1. The van der Waals surface area contributed by atoms with Crippen molar-refractivity contribution >= 4 is 11.3 Å². The number of thiazole rings is 1. The van der Waals surface area contributed by atoms with Crippen LogP contribution in [-0.2, 0) is 0 Å². The van der Waals surface area contributed by atoms with Gasteiger partial charge in [-0.05, 0) is 18.9 Å². The summed E-state index contributed by atoms with van der Waals surface area (Å²) >= 11 is 1.75. The number of aromatic nitrogens is 1. The number of nitrogens with zero attached hydrogens (tertiary/aromatic N) is 1. The van der Waals surface area contributed by atoms with Gasteiger partial charge in [-0.3, -0.25) is 4.98 Å². The molecule has 0 bridgehead atoms. The predicted octanol–water partition coefficient (Wildman–Crippen LogP) is 3.23. The maximum atomic E-state index is 4.14. The SMILES string of the molecule is CCNC(CC(C)CC)c1cncs1. The van der Waals surface area contributed by atoms with Crippen molar-refractivity contribution in [2.24, 2.45) is 5.92 Å². The highest BCUT2D eigenvalue weighted by atomic mass is 32.1. The van der Waals surface area contributed by atoms with Crippen molar-refractivity contribution in [1.29, 1.82) is 0 Å². The van der Waals surface area contributed by atoms with Gasteiger partial charge in [-0.25, -0.2) is 0 Å². The van der Waals surface area contributed by atoms with Gasteiger partial charge in [-0.2, -0.15) is 0 Å². The molecule has 0 amide bonds. The third-order valence-corrected chi connectivity index (χ3v) is 3.47. The van der Waals surface area contributed by atoms with Crippen molar-refractivity contribution in [2.75, 3.05) is 6.54 Å². The molecule has 2 nitrogen and oxygen atoms in total. The second-order valence-corrected chi connectivity index (χ2v) is 4.68. The van der Waals surface area contributed by atoms with E-state index in [0.29, 0.717) is 6.04 Å². The molecule has 80 valence electrons. The Hall–Kier alpha value is -0.410. The van der Waals surface area contributed by atoms with Gasteiger partial charge in [0.15, 0.2) is 0 Å². The molecule has 1 aromatic rings. The quantitative estimate of drug-likeness (QED) is 0.783. The van der Waals surface area contributed by atoms with Crippen molar-refractivity contribution in [1.82, 2.24) is 10.3 Å². The molecule has 0 saturated carbocycles. The lowest BCUT2D eigenvalue weighted by Gasteiger charge is -2.19. The van der Waals surface area contributed by atoms with Crippen LogP contribution < -0.4 is 5.32 Å². The Morgan fingerprint density at radius 1 is 1.50 bits per heavy atom. The van der Waals surface area contributed by atoms with Gasteiger partial charge in [0.2, 0.25) is 0 Å². The van der Waals surface area contributed by atoms with Crippen molar-refractivity contribution in [2.45, 2.75) is 39.7 Å². The van der Waals surface area contributed by atoms with E-state index >= 15 is 0 Å². The monoisotopic (exact) mass is 212 g/mol. The zero-order chi connectivity index (χ0) is 10.4. The summed E-state index contributed by atoms with van der Waals surface area (Å²) in [6.45, 7) is 7.75. The zero-order valence-electron chi connectivity index (χ0n) is 9.29. The molecule has 0 radical (unpaired) electrons. The van der Waals surface area contributed by atoms with Crippen molar-refractivity contribution in [3.05, 3.63) is 16.6 Å². The minimum Gasteiger partial charge on any atom is -0.309 e. The molecular weight excluding hydrogens is 192 g/mol. The highest BCUT2D eigenvalue weighted by Gasteiger charge is 2.14. The second kappa shape index (κ2) is 6.14. The van der Waals surface area contributed by atoms with Crippen LogP contribution in [0.1, 0.15) is 44.5 Å². The fourth-order valence-corrected chi connectivity index (χ4v) is 2.22. The van der Waals surface area contributed by atoms with Gasteiger partial charge in [-0.15, -0.1) is 11.3 Å². The summed E-state index contributed by atoms with van der Waals surface area (Å²) in [5.41, 5.74) is 1.91. The molecule has 0 saturated heterocycles. The summed E-state index contributed by atoms with van der Waals surface area (Å²) < 4.78 is 0. The van der Waals surface area contributed by atoms with E-state index in [0.717, 1.165) is 12.5 Å². The molecule has 1 aromatic heterocycles. The topological polar surface area (TPSA) is 24.9 Å². The smallest absolute Gasteiger partial charge is 0.0794 e. The number of hydrogen-bond acceptors (Lipinski definition) is 3. The number of nitrogens with one attached hydrogen (secondary N) is 1. The van der Waals surface area contributed by atoms with E-state index in [2.05, 4.69) is 31.1 Å². The van der Waals surface area contributed by atoms with Gasteiger partial charge < -0.3 is 5.32 Å². The molecule has 1 heterocycles. The van der Waals surface area contributed by atoms with E-state index in [1.165, 1.54) is 17.7 Å². The molecule has 0 fully saturated rings. The summed E-state index contributed by atoms with van der Waals surface area (Å²) in [5, 5.41) is 3.52. The largest absolute Gasteiger partial charge is 0.309 e. The van der Waals surface area contributed by atoms with Crippen molar-refractivity contribution in [3.63, 3.8) is 0 Å². The summed E-state index contributed by atoms with van der Waals surface area (Å²) in [6, 6.07) is 0.502. The number of rotatable bonds is 6. The van der Waals surface area contributed by atoms with Gasteiger partial charge in [0.1, 0.15) is 0 Å². The average Bonchev–Trinajstić information content (AvgIpc) is 2.69. The fourth-order valence-electron chi connectivity index (χ4n) is 1.51. The van der Waals surface area contributed by atoms with Crippen LogP contribution in [0.5, 0.6) is 0 Å². The lowest BCUT2D eigenvalue weighted by molar-refractivity contribution is 0.412. The van der Waals surface area contributed by atoms with Crippen LogP contribution >= 0.6 is 11.3 Å². The lowest BCUT2D eigenvalue weighted by atomic mass is 9.99.